The highest BCUT2D eigenvalue weighted by molar-refractivity contribution is 6.02. The van der Waals surface area contributed by atoms with Crippen molar-refractivity contribution < 1.29 is 9.53 Å². The Morgan fingerprint density at radius 2 is 2.00 bits per heavy atom. The first-order valence-electron chi connectivity index (χ1n) is 9.22. The highest BCUT2D eigenvalue weighted by Gasteiger charge is 2.18. The van der Waals surface area contributed by atoms with Crippen LogP contribution in [0.5, 0.6) is 11.6 Å². The number of benzene rings is 1. The molecule has 7 heteroatoms. The van der Waals surface area contributed by atoms with E-state index < -0.39 is 11.5 Å². The molecule has 2 aromatic heterocycles. The van der Waals surface area contributed by atoms with Crippen LogP contribution < -0.4 is 15.6 Å². The summed E-state index contributed by atoms with van der Waals surface area (Å²) in [6.45, 7) is 7.42. The van der Waals surface area contributed by atoms with Crippen molar-refractivity contribution in [2.75, 3.05) is 6.54 Å². The van der Waals surface area contributed by atoms with Gasteiger partial charge in [0.2, 0.25) is 5.88 Å². The SMILES string of the molecule is C=CCNC(=O)C(C#N)=Cc1c(Oc2ccccc2C)nc2c(C)cccn2c1=O. The first-order valence-corrected chi connectivity index (χ1v) is 9.22. The average Bonchev–Trinajstić information content (AvgIpc) is 2.74. The number of pyridine rings is 1. The topological polar surface area (TPSA) is 96.5 Å². The standard InChI is InChI=1S/C23H20N4O3/c1-4-11-25-21(28)17(14-24)13-18-22(30-19-10-6-5-8-15(19)2)26-20-16(3)9-7-12-27(20)23(18)29/h4-10,12-13H,1,11H2,2-3H3,(H,25,28). The number of hydrogen-bond donors (Lipinski definition) is 1. The van der Waals surface area contributed by atoms with Gasteiger partial charge in [-0.15, -0.1) is 6.58 Å². The fourth-order valence-electron chi connectivity index (χ4n) is 2.82. The van der Waals surface area contributed by atoms with E-state index in [1.807, 2.05) is 38.1 Å². The third-order valence-electron chi connectivity index (χ3n) is 4.41. The summed E-state index contributed by atoms with van der Waals surface area (Å²) in [5.74, 6) is -0.0764. The maximum absolute atomic E-state index is 13.2. The molecular formula is C23H20N4O3. The third-order valence-corrected chi connectivity index (χ3v) is 4.41. The smallest absolute Gasteiger partial charge is 0.269 e. The molecule has 150 valence electrons. The zero-order chi connectivity index (χ0) is 21.7. The van der Waals surface area contributed by atoms with E-state index >= 15 is 0 Å². The van der Waals surface area contributed by atoms with Gasteiger partial charge in [-0.1, -0.05) is 30.3 Å². The predicted octanol–water partition coefficient (Wildman–Crippen LogP) is 3.31. The number of carbonyl (C=O) groups is 1. The quantitative estimate of drug-likeness (QED) is 0.389. The molecular weight excluding hydrogens is 380 g/mol. The van der Waals surface area contributed by atoms with Crippen molar-refractivity contribution in [2.45, 2.75) is 13.8 Å². The molecule has 30 heavy (non-hydrogen) atoms. The lowest BCUT2D eigenvalue weighted by Gasteiger charge is -2.12. The Balaban J connectivity index is 2.24. The van der Waals surface area contributed by atoms with E-state index in [-0.39, 0.29) is 23.6 Å². The first-order chi connectivity index (χ1) is 14.5. The molecule has 0 saturated heterocycles. The molecule has 0 bridgehead atoms. The van der Waals surface area contributed by atoms with Gasteiger partial charge in [0.25, 0.3) is 11.5 Å². The van der Waals surface area contributed by atoms with E-state index in [9.17, 15) is 14.9 Å². The molecule has 0 spiro atoms. The minimum Gasteiger partial charge on any atom is -0.438 e. The van der Waals surface area contributed by atoms with Gasteiger partial charge in [-0.2, -0.15) is 10.2 Å². The first kappa shape index (κ1) is 20.6. The number of para-hydroxylation sites is 1. The van der Waals surface area contributed by atoms with Crippen LogP contribution in [0.15, 0.2) is 65.6 Å². The van der Waals surface area contributed by atoms with Gasteiger partial charge >= 0.3 is 0 Å². The second-order valence-electron chi connectivity index (χ2n) is 6.56. The zero-order valence-electron chi connectivity index (χ0n) is 16.7. The molecule has 0 atom stereocenters. The van der Waals surface area contributed by atoms with Gasteiger partial charge in [0.15, 0.2) is 0 Å². The number of nitriles is 1. The summed E-state index contributed by atoms with van der Waals surface area (Å²) in [6.07, 6.45) is 4.28. The van der Waals surface area contributed by atoms with Crippen molar-refractivity contribution >= 4 is 17.6 Å². The average molecular weight is 400 g/mol. The highest BCUT2D eigenvalue weighted by atomic mass is 16.5. The Hall–Kier alpha value is -4.18. The largest absolute Gasteiger partial charge is 0.438 e. The number of aryl methyl sites for hydroxylation is 2. The molecule has 0 unspecified atom stereocenters. The summed E-state index contributed by atoms with van der Waals surface area (Å²) < 4.78 is 7.33. The lowest BCUT2D eigenvalue weighted by atomic mass is 10.1. The Kier molecular flexibility index (Phi) is 6.08. The van der Waals surface area contributed by atoms with Gasteiger partial charge < -0.3 is 10.1 Å². The van der Waals surface area contributed by atoms with Crippen LogP contribution in [-0.2, 0) is 4.79 Å². The number of nitrogens with one attached hydrogen (secondary N) is 1. The predicted molar refractivity (Wildman–Crippen MR) is 114 cm³/mol. The van der Waals surface area contributed by atoms with Crippen LogP contribution in [0.1, 0.15) is 16.7 Å². The Morgan fingerprint density at radius 3 is 2.70 bits per heavy atom. The van der Waals surface area contributed by atoms with Gasteiger partial charge in [0.1, 0.15) is 28.6 Å². The van der Waals surface area contributed by atoms with Gasteiger partial charge in [-0.25, -0.2) is 0 Å². The van der Waals surface area contributed by atoms with E-state index in [2.05, 4.69) is 16.9 Å². The minimum absolute atomic E-state index is 0.00616. The summed E-state index contributed by atoms with van der Waals surface area (Å²) in [4.78, 5) is 30.0. The van der Waals surface area contributed by atoms with Gasteiger partial charge in [-0.3, -0.25) is 14.0 Å². The van der Waals surface area contributed by atoms with Crippen LogP contribution >= 0.6 is 0 Å². The number of rotatable bonds is 6. The molecule has 0 fully saturated rings. The molecule has 0 aliphatic carbocycles. The summed E-state index contributed by atoms with van der Waals surface area (Å²) in [5.41, 5.74) is 1.38. The zero-order valence-corrected chi connectivity index (χ0v) is 16.7. The van der Waals surface area contributed by atoms with Gasteiger partial charge in [0.05, 0.1) is 0 Å². The van der Waals surface area contributed by atoms with Crippen molar-refractivity contribution in [1.82, 2.24) is 14.7 Å². The molecule has 1 amide bonds. The molecule has 3 rings (SSSR count). The minimum atomic E-state index is -0.618. The number of carbonyl (C=O) groups excluding carboxylic acids is 1. The van der Waals surface area contributed by atoms with Gasteiger partial charge in [0, 0.05) is 12.7 Å². The fourth-order valence-corrected chi connectivity index (χ4v) is 2.82. The third kappa shape index (κ3) is 4.13. The number of amides is 1. The second-order valence-corrected chi connectivity index (χ2v) is 6.56. The molecule has 0 aliphatic rings. The van der Waals surface area contributed by atoms with E-state index in [1.165, 1.54) is 16.6 Å². The van der Waals surface area contributed by atoms with Crippen molar-refractivity contribution in [3.63, 3.8) is 0 Å². The molecule has 2 heterocycles. The lowest BCUT2D eigenvalue weighted by Crippen LogP contribution is -2.25. The Morgan fingerprint density at radius 1 is 1.27 bits per heavy atom. The fraction of sp³-hybridized carbons (Fsp3) is 0.130. The Labute approximate surface area is 173 Å². The van der Waals surface area contributed by atoms with Gasteiger partial charge in [-0.05, 0) is 43.2 Å². The maximum Gasteiger partial charge on any atom is 0.269 e. The van der Waals surface area contributed by atoms with Crippen molar-refractivity contribution in [3.05, 3.63) is 87.9 Å². The second kappa shape index (κ2) is 8.88. The lowest BCUT2D eigenvalue weighted by molar-refractivity contribution is -0.116. The maximum atomic E-state index is 13.2. The van der Waals surface area contributed by atoms with Crippen LogP contribution in [-0.4, -0.2) is 21.8 Å². The summed E-state index contributed by atoms with van der Waals surface area (Å²) in [5, 5.41) is 12.0. The van der Waals surface area contributed by atoms with Crippen molar-refractivity contribution in [1.29, 1.82) is 5.26 Å². The summed E-state index contributed by atoms with van der Waals surface area (Å²) >= 11 is 0. The van der Waals surface area contributed by atoms with Crippen LogP contribution in [0.3, 0.4) is 0 Å². The van der Waals surface area contributed by atoms with Crippen LogP contribution in [0.4, 0.5) is 0 Å². The number of nitrogens with zero attached hydrogens (tertiary/aromatic N) is 3. The van der Waals surface area contributed by atoms with Crippen LogP contribution in [0, 0.1) is 25.2 Å². The number of hydrogen-bond acceptors (Lipinski definition) is 5. The summed E-state index contributed by atoms with van der Waals surface area (Å²) in [7, 11) is 0. The molecule has 0 saturated carbocycles. The molecule has 3 aromatic rings. The van der Waals surface area contributed by atoms with E-state index in [0.717, 1.165) is 11.1 Å². The monoisotopic (exact) mass is 400 g/mol. The Bertz CT molecular complexity index is 1270. The van der Waals surface area contributed by atoms with E-state index in [4.69, 9.17) is 4.74 Å². The van der Waals surface area contributed by atoms with Crippen molar-refractivity contribution in [3.8, 4) is 17.7 Å². The number of fused-ring (bicyclic) bond motifs is 1. The molecule has 1 aromatic carbocycles. The molecule has 7 nitrogen and oxygen atoms in total. The summed E-state index contributed by atoms with van der Waals surface area (Å²) in [6, 6.07) is 12.7. The molecule has 1 N–H and O–H groups in total. The van der Waals surface area contributed by atoms with Crippen LogP contribution in [0.2, 0.25) is 0 Å². The number of aromatic nitrogens is 2. The van der Waals surface area contributed by atoms with E-state index in [1.54, 1.807) is 24.4 Å². The van der Waals surface area contributed by atoms with E-state index in [0.29, 0.717) is 11.4 Å². The van der Waals surface area contributed by atoms with Crippen LogP contribution in [0.25, 0.3) is 11.7 Å². The van der Waals surface area contributed by atoms with Crippen molar-refractivity contribution in [2.24, 2.45) is 0 Å². The molecule has 0 aliphatic heterocycles. The molecule has 0 radical (unpaired) electrons. The normalized spacial score (nSPS) is 11.0. The number of ether oxygens (including phenoxy) is 1. The highest BCUT2D eigenvalue weighted by Crippen LogP contribution is 2.27.